The molecule has 8 heteroatoms. The quantitative estimate of drug-likeness (QED) is 0.682. The van der Waals surface area contributed by atoms with Gasteiger partial charge >= 0.3 is 0 Å². The van der Waals surface area contributed by atoms with Gasteiger partial charge in [0.15, 0.2) is 9.84 Å². The number of carbonyl (C=O) groups is 2. The fourth-order valence-electron chi connectivity index (χ4n) is 3.12. The summed E-state index contributed by atoms with van der Waals surface area (Å²) in [5, 5.41) is 5.65. The molecule has 0 aromatic heterocycles. The molecule has 1 aromatic carbocycles. The van der Waals surface area contributed by atoms with Crippen LogP contribution in [0, 0.1) is 5.92 Å². The van der Waals surface area contributed by atoms with E-state index in [-0.39, 0.29) is 36.1 Å². The predicted octanol–water partition coefficient (Wildman–Crippen LogP) is 1.73. The molecule has 1 fully saturated rings. The number of amides is 2. The van der Waals surface area contributed by atoms with Gasteiger partial charge in [0.2, 0.25) is 11.8 Å². The normalized spacial score (nSPS) is 16.5. The van der Waals surface area contributed by atoms with Crippen molar-refractivity contribution in [3.8, 4) is 0 Å². The number of nitrogens with one attached hydrogen (secondary N) is 2. The SMILES string of the molecule is CCC(C)C(=O)NCC(=O)NC1CCN(c2ccc(S(=O)(=O)CC)cc2)CC1. The van der Waals surface area contributed by atoms with Crippen LogP contribution >= 0.6 is 0 Å². The molecular weight excluding hydrogens is 378 g/mol. The number of sulfone groups is 1. The van der Waals surface area contributed by atoms with E-state index in [4.69, 9.17) is 0 Å². The molecule has 1 aliphatic heterocycles. The van der Waals surface area contributed by atoms with Gasteiger partial charge in [-0.3, -0.25) is 9.59 Å². The van der Waals surface area contributed by atoms with Crippen molar-refractivity contribution in [3.05, 3.63) is 24.3 Å². The van der Waals surface area contributed by atoms with Crippen LogP contribution in [0.4, 0.5) is 5.69 Å². The first-order chi connectivity index (χ1) is 13.3. The highest BCUT2D eigenvalue weighted by Crippen LogP contribution is 2.22. The summed E-state index contributed by atoms with van der Waals surface area (Å²) in [6.07, 6.45) is 2.36. The standard InChI is InChI=1S/C20H31N3O4S/c1-4-15(3)20(25)21-14-19(24)22-16-10-12-23(13-11-16)17-6-8-18(9-7-17)28(26,27)5-2/h6-9,15-16H,4-5,10-14H2,1-3H3,(H,21,25)(H,22,24). The van der Waals surface area contributed by atoms with Crippen molar-refractivity contribution in [1.29, 1.82) is 0 Å². The second kappa shape index (κ2) is 9.91. The number of carbonyl (C=O) groups excluding carboxylic acids is 2. The third-order valence-corrected chi connectivity index (χ3v) is 7.03. The first-order valence-electron chi connectivity index (χ1n) is 9.91. The number of hydrogen-bond acceptors (Lipinski definition) is 5. The molecule has 2 N–H and O–H groups in total. The maximum absolute atomic E-state index is 12.0. The van der Waals surface area contributed by atoms with Crippen molar-refractivity contribution in [2.24, 2.45) is 5.92 Å². The van der Waals surface area contributed by atoms with Gasteiger partial charge in [0.05, 0.1) is 17.2 Å². The summed E-state index contributed by atoms with van der Waals surface area (Å²) in [5.74, 6) is -0.255. The van der Waals surface area contributed by atoms with Crippen molar-refractivity contribution in [3.63, 3.8) is 0 Å². The summed E-state index contributed by atoms with van der Waals surface area (Å²) in [6.45, 7) is 6.99. The first-order valence-corrected chi connectivity index (χ1v) is 11.6. The van der Waals surface area contributed by atoms with E-state index in [9.17, 15) is 18.0 Å². The number of anilines is 1. The summed E-state index contributed by atoms with van der Waals surface area (Å²) >= 11 is 0. The Morgan fingerprint density at radius 1 is 1.14 bits per heavy atom. The minimum absolute atomic E-state index is 0.0107. The molecule has 1 atom stereocenters. The summed E-state index contributed by atoms with van der Waals surface area (Å²) in [5.41, 5.74) is 0.987. The van der Waals surface area contributed by atoms with Crippen LogP contribution in [0.1, 0.15) is 40.0 Å². The van der Waals surface area contributed by atoms with Crippen molar-refractivity contribution in [1.82, 2.24) is 10.6 Å². The Kier molecular flexibility index (Phi) is 7.86. The molecule has 1 aromatic rings. The molecule has 1 aliphatic rings. The maximum atomic E-state index is 12.0. The Hall–Kier alpha value is -2.09. The Labute approximate surface area is 167 Å². The zero-order valence-electron chi connectivity index (χ0n) is 16.9. The molecular formula is C20H31N3O4S. The Balaban J connectivity index is 1.79. The average molecular weight is 410 g/mol. The smallest absolute Gasteiger partial charge is 0.239 e. The zero-order chi connectivity index (χ0) is 20.7. The molecule has 7 nitrogen and oxygen atoms in total. The summed E-state index contributed by atoms with van der Waals surface area (Å²) < 4.78 is 23.8. The minimum atomic E-state index is -3.18. The molecule has 1 unspecified atom stereocenters. The van der Waals surface area contributed by atoms with E-state index in [0.717, 1.165) is 38.0 Å². The Bertz CT molecular complexity index is 769. The van der Waals surface area contributed by atoms with Gasteiger partial charge in [-0.25, -0.2) is 8.42 Å². The van der Waals surface area contributed by atoms with Crippen LogP contribution in [0.25, 0.3) is 0 Å². The predicted molar refractivity (Wildman–Crippen MR) is 110 cm³/mol. The molecule has 2 rings (SSSR count). The highest BCUT2D eigenvalue weighted by Gasteiger charge is 2.22. The van der Waals surface area contributed by atoms with E-state index in [0.29, 0.717) is 4.90 Å². The number of hydrogen-bond donors (Lipinski definition) is 2. The first kappa shape index (κ1) is 22.2. The minimum Gasteiger partial charge on any atom is -0.371 e. The van der Waals surface area contributed by atoms with Crippen LogP contribution in [0.3, 0.4) is 0 Å². The van der Waals surface area contributed by atoms with Crippen LogP contribution in [-0.2, 0) is 19.4 Å². The van der Waals surface area contributed by atoms with E-state index in [2.05, 4.69) is 15.5 Å². The van der Waals surface area contributed by atoms with Gasteiger partial charge in [-0.2, -0.15) is 0 Å². The monoisotopic (exact) mass is 409 g/mol. The van der Waals surface area contributed by atoms with Crippen LogP contribution < -0.4 is 15.5 Å². The van der Waals surface area contributed by atoms with Gasteiger partial charge in [0.1, 0.15) is 0 Å². The molecule has 156 valence electrons. The Morgan fingerprint density at radius 3 is 2.29 bits per heavy atom. The fraction of sp³-hybridized carbons (Fsp3) is 0.600. The Morgan fingerprint density at radius 2 is 1.75 bits per heavy atom. The third kappa shape index (κ3) is 5.95. The van der Waals surface area contributed by atoms with Gasteiger partial charge < -0.3 is 15.5 Å². The number of piperidine rings is 1. The van der Waals surface area contributed by atoms with E-state index in [1.807, 2.05) is 26.0 Å². The molecule has 0 saturated carbocycles. The molecule has 1 saturated heterocycles. The highest BCUT2D eigenvalue weighted by atomic mass is 32.2. The van der Waals surface area contributed by atoms with Gasteiger partial charge in [-0.1, -0.05) is 20.8 Å². The summed E-state index contributed by atoms with van der Waals surface area (Å²) in [4.78, 5) is 26.3. The van der Waals surface area contributed by atoms with Gasteiger partial charge in [0, 0.05) is 30.7 Å². The maximum Gasteiger partial charge on any atom is 0.239 e. The molecule has 28 heavy (non-hydrogen) atoms. The second-order valence-corrected chi connectivity index (χ2v) is 9.53. The van der Waals surface area contributed by atoms with Crippen LogP contribution in [0.5, 0.6) is 0 Å². The van der Waals surface area contributed by atoms with Crippen molar-refractivity contribution >= 4 is 27.3 Å². The lowest BCUT2D eigenvalue weighted by molar-refractivity contribution is -0.128. The van der Waals surface area contributed by atoms with Gasteiger partial charge in [-0.15, -0.1) is 0 Å². The largest absolute Gasteiger partial charge is 0.371 e. The van der Waals surface area contributed by atoms with Crippen molar-refractivity contribution in [2.75, 3.05) is 30.3 Å². The number of benzene rings is 1. The van der Waals surface area contributed by atoms with Gasteiger partial charge in [-0.05, 0) is 43.5 Å². The molecule has 1 heterocycles. The molecule has 2 amide bonds. The molecule has 0 aliphatic carbocycles. The van der Waals surface area contributed by atoms with Gasteiger partial charge in [0.25, 0.3) is 0 Å². The molecule has 0 bridgehead atoms. The highest BCUT2D eigenvalue weighted by molar-refractivity contribution is 7.91. The van der Waals surface area contributed by atoms with Crippen LogP contribution in [0.15, 0.2) is 29.2 Å². The number of rotatable bonds is 8. The van der Waals surface area contributed by atoms with E-state index in [1.165, 1.54) is 0 Å². The van der Waals surface area contributed by atoms with Crippen molar-refractivity contribution in [2.45, 2.75) is 51.0 Å². The fourth-order valence-corrected chi connectivity index (χ4v) is 4.00. The molecule has 0 spiro atoms. The summed E-state index contributed by atoms with van der Waals surface area (Å²) in [6, 6.07) is 7.07. The summed E-state index contributed by atoms with van der Waals surface area (Å²) in [7, 11) is -3.18. The molecule has 0 radical (unpaired) electrons. The second-order valence-electron chi connectivity index (χ2n) is 7.25. The van der Waals surface area contributed by atoms with E-state index < -0.39 is 9.84 Å². The van der Waals surface area contributed by atoms with Crippen LogP contribution in [0.2, 0.25) is 0 Å². The lowest BCUT2D eigenvalue weighted by atomic mass is 10.0. The van der Waals surface area contributed by atoms with E-state index >= 15 is 0 Å². The third-order valence-electron chi connectivity index (χ3n) is 5.28. The van der Waals surface area contributed by atoms with E-state index in [1.54, 1.807) is 19.1 Å². The van der Waals surface area contributed by atoms with Crippen molar-refractivity contribution < 1.29 is 18.0 Å². The number of nitrogens with zero attached hydrogens (tertiary/aromatic N) is 1. The van der Waals surface area contributed by atoms with Crippen LogP contribution in [-0.4, -0.2) is 51.7 Å². The topological polar surface area (TPSA) is 95.6 Å². The zero-order valence-corrected chi connectivity index (χ0v) is 17.7. The lowest BCUT2D eigenvalue weighted by Crippen LogP contribution is -2.47. The lowest BCUT2D eigenvalue weighted by Gasteiger charge is -2.34. The average Bonchev–Trinajstić information content (AvgIpc) is 2.72.